The van der Waals surface area contributed by atoms with Gasteiger partial charge in [0.2, 0.25) is 0 Å². The molecule has 0 fully saturated rings. The Labute approximate surface area is 130 Å². The van der Waals surface area contributed by atoms with Crippen LogP contribution in [0.25, 0.3) is 0 Å². The highest BCUT2D eigenvalue weighted by Crippen LogP contribution is 2.21. The molecule has 1 heterocycles. The third-order valence-corrected chi connectivity index (χ3v) is 3.52. The van der Waals surface area contributed by atoms with E-state index < -0.39 is 0 Å². The predicted molar refractivity (Wildman–Crippen MR) is 83.1 cm³/mol. The molecule has 0 aliphatic heterocycles. The average molecular weight is 361 g/mol. The molecular weight excluding hydrogens is 349 g/mol. The van der Waals surface area contributed by atoms with Crippen LogP contribution in [0.2, 0.25) is 10.0 Å². The molecule has 1 aromatic carbocycles. The zero-order valence-corrected chi connectivity index (χ0v) is 13.3. The molecule has 1 N–H and O–H groups in total. The van der Waals surface area contributed by atoms with Crippen LogP contribution in [0.1, 0.15) is 11.4 Å². The Balaban J connectivity index is 1.96. The summed E-state index contributed by atoms with van der Waals surface area (Å²) in [4.78, 5) is 8.45. The summed E-state index contributed by atoms with van der Waals surface area (Å²) in [5, 5.41) is 4.58. The molecule has 0 bridgehead atoms. The molecular formula is C13H12BrCl2N3. The van der Waals surface area contributed by atoms with Gasteiger partial charge in [0.05, 0.1) is 0 Å². The summed E-state index contributed by atoms with van der Waals surface area (Å²) in [6, 6.07) is 7.38. The molecule has 2 aromatic rings. The standard InChI is InChI=1S/C13H12BrCl2N3/c1-8-18-12(14)7-13(19-8)17-5-4-9-2-3-10(15)6-11(9)16/h2-3,6-7H,4-5H2,1H3,(H,17,18,19). The Morgan fingerprint density at radius 3 is 2.68 bits per heavy atom. The fraction of sp³-hybridized carbons (Fsp3) is 0.231. The Morgan fingerprint density at radius 2 is 2.00 bits per heavy atom. The first-order valence-electron chi connectivity index (χ1n) is 5.73. The van der Waals surface area contributed by atoms with Gasteiger partial charge in [-0.25, -0.2) is 9.97 Å². The van der Waals surface area contributed by atoms with Crippen molar-refractivity contribution in [3.63, 3.8) is 0 Å². The summed E-state index contributed by atoms with van der Waals surface area (Å²) in [5.74, 6) is 1.52. The molecule has 1 aromatic heterocycles. The highest BCUT2D eigenvalue weighted by molar-refractivity contribution is 9.10. The molecule has 0 radical (unpaired) electrons. The summed E-state index contributed by atoms with van der Waals surface area (Å²) < 4.78 is 0.770. The van der Waals surface area contributed by atoms with Crippen molar-refractivity contribution in [2.75, 3.05) is 11.9 Å². The third kappa shape index (κ3) is 4.34. The quantitative estimate of drug-likeness (QED) is 0.815. The smallest absolute Gasteiger partial charge is 0.130 e. The molecule has 0 atom stereocenters. The number of benzene rings is 1. The van der Waals surface area contributed by atoms with Crippen molar-refractivity contribution in [2.24, 2.45) is 0 Å². The van der Waals surface area contributed by atoms with Crippen LogP contribution >= 0.6 is 39.1 Å². The minimum Gasteiger partial charge on any atom is -0.370 e. The van der Waals surface area contributed by atoms with Gasteiger partial charge in [0.25, 0.3) is 0 Å². The number of hydrogen-bond acceptors (Lipinski definition) is 3. The van der Waals surface area contributed by atoms with Crippen molar-refractivity contribution in [1.29, 1.82) is 0 Å². The number of aromatic nitrogens is 2. The van der Waals surface area contributed by atoms with Crippen LogP contribution in [0, 0.1) is 6.92 Å². The summed E-state index contributed by atoms with van der Waals surface area (Å²) in [6.45, 7) is 2.59. The first-order chi connectivity index (χ1) is 9.04. The maximum atomic E-state index is 6.12. The van der Waals surface area contributed by atoms with Gasteiger partial charge in [0, 0.05) is 22.7 Å². The molecule has 2 rings (SSSR count). The lowest BCUT2D eigenvalue weighted by molar-refractivity contribution is 0.974. The zero-order chi connectivity index (χ0) is 13.8. The van der Waals surface area contributed by atoms with E-state index in [9.17, 15) is 0 Å². The van der Waals surface area contributed by atoms with Crippen molar-refractivity contribution < 1.29 is 0 Å². The van der Waals surface area contributed by atoms with Gasteiger partial charge in [0.15, 0.2) is 0 Å². The molecule has 3 nitrogen and oxygen atoms in total. The van der Waals surface area contributed by atoms with Crippen molar-refractivity contribution in [1.82, 2.24) is 9.97 Å². The average Bonchev–Trinajstić information content (AvgIpc) is 2.30. The molecule has 0 saturated heterocycles. The van der Waals surface area contributed by atoms with Crippen molar-refractivity contribution >= 4 is 44.9 Å². The summed E-state index contributed by atoms with van der Waals surface area (Å²) in [7, 11) is 0. The van der Waals surface area contributed by atoms with E-state index in [1.165, 1.54) is 0 Å². The van der Waals surface area contributed by atoms with Crippen LogP contribution in [-0.2, 0) is 6.42 Å². The van der Waals surface area contributed by atoms with Gasteiger partial charge in [-0.15, -0.1) is 0 Å². The monoisotopic (exact) mass is 359 g/mol. The summed E-state index contributed by atoms with van der Waals surface area (Å²) in [5.41, 5.74) is 1.06. The fourth-order valence-corrected chi connectivity index (χ4v) is 2.65. The van der Waals surface area contributed by atoms with E-state index in [0.717, 1.165) is 34.8 Å². The lowest BCUT2D eigenvalue weighted by Gasteiger charge is -2.08. The minimum atomic E-state index is 0.650. The van der Waals surface area contributed by atoms with Crippen LogP contribution in [0.5, 0.6) is 0 Å². The van der Waals surface area contributed by atoms with Gasteiger partial charge in [-0.05, 0) is 47.0 Å². The summed E-state index contributed by atoms with van der Waals surface area (Å²) >= 11 is 15.3. The largest absolute Gasteiger partial charge is 0.370 e. The SMILES string of the molecule is Cc1nc(Br)cc(NCCc2ccc(Cl)cc2Cl)n1. The highest BCUT2D eigenvalue weighted by atomic mass is 79.9. The maximum absolute atomic E-state index is 6.12. The van der Waals surface area contributed by atoms with E-state index in [1.54, 1.807) is 6.07 Å². The van der Waals surface area contributed by atoms with Crippen molar-refractivity contribution in [3.8, 4) is 0 Å². The van der Waals surface area contributed by atoms with Gasteiger partial charge >= 0.3 is 0 Å². The number of nitrogens with one attached hydrogen (secondary N) is 1. The second-order valence-corrected chi connectivity index (χ2v) is 5.69. The number of anilines is 1. The molecule has 100 valence electrons. The Bertz CT molecular complexity index is 570. The summed E-state index contributed by atoms with van der Waals surface area (Å²) in [6.07, 6.45) is 0.802. The molecule has 0 spiro atoms. The van der Waals surface area contributed by atoms with E-state index in [4.69, 9.17) is 23.2 Å². The molecule has 0 aliphatic rings. The fourth-order valence-electron chi connectivity index (χ4n) is 1.67. The molecule has 0 unspecified atom stereocenters. The Morgan fingerprint density at radius 1 is 1.21 bits per heavy atom. The van der Waals surface area contributed by atoms with E-state index in [2.05, 4.69) is 31.2 Å². The van der Waals surface area contributed by atoms with Gasteiger partial charge in [0.1, 0.15) is 16.2 Å². The maximum Gasteiger partial charge on any atom is 0.130 e. The molecule has 0 saturated carbocycles. The number of halogens is 3. The van der Waals surface area contributed by atoms with Crippen LogP contribution in [0.3, 0.4) is 0 Å². The van der Waals surface area contributed by atoms with Gasteiger partial charge in [-0.3, -0.25) is 0 Å². The lowest BCUT2D eigenvalue weighted by Crippen LogP contribution is -2.07. The highest BCUT2D eigenvalue weighted by Gasteiger charge is 2.03. The van der Waals surface area contributed by atoms with Crippen molar-refractivity contribution in [2.45, 2.75) is 13.3 Å². The van der Waals surface area contributed by atoms with E-state index >= 15 is 0 Å². The van der Waals surface area contributed by atoms with Crippen LogP contribution in [-0.4, -0.2) is 16.5 Å². The van der Waals surface area contributed by atoms with E-state index in [1.807, 2.05) is 25.1 Å². The number of aryl methyl sites for hydroxylation is 1. The molecule has 0 aliphatic carbocycles. The van der Waals surface area contributed by atoms with Crippen molar-refractivity contribution in [3.05, 3.63) is 50.3 Å². The lowest BCUT2D eigenvalue weighted by atomic mass is 10.1. The molecule has 0 amide bonds. The predicted octanol–water partition coefficient (Wildman–Crippen LogP) is 4.51. The van der Waals surface area contributed by atoms with Crippen LogP contribution < -0.4 is 5.32 Å². The zero-order valence-electron chi connectivity index (χ0n) is 10.3. The van der Waals surface area contributed by atoms with Gasteiger partial charge < -0.3 is 5.32 Å². The van der Waals surface area contributed by atoms with Crippen LogP contribution in [0.15, 0.2) is 28.9 Å². The van der Waals surface area contributed by atoms with Gasteiger partial charge in [-0.1, -0.05) is 29.3 Å². The van der Waals surface area contributed by atoms with Gasteiger partial charge in [-0.2, -0.15) is 0 Å². The Kier molecular flexibility index (Phi) is 5.02. The Hall–Kier alpha value is -0.840. The normalized spacial score (nSPS) is 10.5. The van der Waals surface area contributed by atoms with E-state index in [0.29, 0.717) is 10.0 Å². The molecule has 19 heavy (non-hydrogen) atoms. The minimum absolute atomic E-state index is 0.650. The first-order valence-corrected chi connectivity index (χ1v) is 7.28. The number of rotatable bonds is 4. The second kappa shape index (κ2) is 6.55. The number of hydrogen-bond donors (Lipinski definition) is 1. The topological polar surface area (TPSA) is 37.8 Å². The third-order valence-electron chi connectivity index (χ3n) is 2.52. The first kappa shape index (κ1) is 14.6. The van der Waals surface area contributed by atoms with E-state index in [-0.39, 0.29) is 0 Å². The van der Waals surface area contributed by atoms with Crippen LogP contribution in [0.4, 0.5) is 5.82 Å². The number of nitrogens with zero attached hydrogens (tertiary/aromatic N) is 2. The molecule has 6 heteroatoms. The second-order valence-electron chi connectivity index (χ2n) is 4.04.